The van der Waals surface area contributed by atoms with Gasteiger partial charge in [-0.25, -0.2) is 0 Å². The number of benzene rings is 2. The maximum Gasteiger partial charge on any atom is 0.231 e. The molecule has 2 N–H and O–H groups in total. The number of nitrogens with one attached hydrogen (secondary N) is 2. The maximum atomic E-state index is 13.2. The summed E-state index contributed by atoms with van der Waals surface area (Å²) in [5.74, 6) is 1.67. The highest BCUT2D eigenvalue weighted by Crippen LogP contribution is 2.34. The molecule has 2 aromatic carbocycles. The van der Waals surface area contributed by atoms with Crippen molar-refractivity contribution in [3.63, 3.8) is 0 Å². The fourth-order valence-electron chi connectivity index (χ4n) is 4.05. The van der Waals surface area contributed by atoms with Crippen LogP contribution in [0.1, 0.15) is 11.3 Å². The number of aromatic nitrogens is 3. The number of carbonyl (C=O) groups excluding carboxylic acids is 1. The van der Waals surface area contributed by atoms with Gasteiger partial charge in [0.2, 0.25) is 5.91 Å². The third-order valence-electron chi connectivity index (χ3n) is 5.96. The normalized spacial score (nSPS) is 14.5. The van der Waals surface area contributed by atoms with E-state index in [1.54, 1.807) is 19.5 Å². The third-order valence-corrected chi connectivity index (χ3v) is 5.96. The van der Waals surface area contributed by atoms with Gasteiger partial charge < -0.3 is 19.5 Å². The van der Waals surface area contributed by atoms with Crippen molar-refractivity contribution >= 4 is 11.6 Å². The van der Waals surface area contributed by atoms with Crippen LogP contribution in [-0.2, 0) is 17.6 Å². The predicted octanol–water partition coefficient (Wildman–Crippen LogP) is 4.29. The number of fused-ring (bicyclic) bond motifs is 1. The zero-order chi connectivity index (χ0) is 24.0. The molecule has 0 aliphatic carbocycles. The number of nitrogens with zero attached hydrogens (tertiary/aromatic N) is 2. The Morgan fingerprint density at radius 1 is 1.17 bits per heavy atom. The Balaban J connectivity index is 1.32. The summed E-state index contributed by atoms with van der Waals surface area (Å²) in [5.41, 5.74) is 4.38. The third kappa shape index (κ3) is 5.27. The minimum atomic E-state index is -0.329. The van der Waals surface area contributed by atoms with Gasteiger partial charge in [0.05, 0.1) is 31.5 Å². The van der Waals surface area contributed by atoms with Crippen molar-refractivity contribution in [2.75, 3.05) is 25.6 Å². The van der Waals surface area contributed by atoms with Crippen molar-refractivity contribution in [3.05, 3.63) is 84.4 Å². The summed E-state index contributed by atoms with van der Waals surface area (Å²) in [7, 11) is 1.62. The lowest BCUT2D eigenvalue weighted by Crippen LogP contribution is -2.32. The van der Waals surface area contributed by atoms with Crippen LogP contribution in [0.2, 0.25) is 0 Å². The molecule has 8 nitrogen and oxygen atoms in total. The van der Waals surface area contributed by atoms with Gasteiger partial charge >= 0.3 is 0 Å². The minimum Gasteiger partial charge on any atom is -0.497 e. The van der Waals surface area contributed by atoms with Gasteiger partial charge in [-0.05, 0) is 60.0 Å². The summed E-state index contributed by atoms with van der Waals surface area (Å²) in [6, 6.07) is 17.2. The molecule has 0 saturated heterocycles. The monoisotopic (exact) mass is 470 g/mol. The predicted molar refractivity (Wildman–Crippen MR) is 132 cm³/mol. The molecule has 8 heteroatoms. The molecule has 2 aromatic heterocycles. The lowest BCUT2D eigenvalue weighted by Gasteiger charge is -2.25. The molecule has 3 heterocycles. The molecule has 4 aromatic rings. The quantitative estimate of drug-likeness (QED) is 0.399. The van der Waals surface area contributed by atoms with Gasteiger partial charge in [0.25, 0.3) is 0 Å². The van der Waals surface area contributed by atoms with E-state index >= 15 is 0 Å². The Morgan fingerprint density at radius 3 is 2.91 bits per heavy atom. The number of H-pyrrole nitrogens is 1. The van der Waals surface area contributed by atoms with Crippen molar-refractivity contribution in [1.82, 2.24) is 15.2 Å². The van der Waals surface area contributed by atoms with E-state index in [0.717, 1.165) is 33.9 Å². The average Bonchev–Trinajstić information content (AvgIpc) is 3.44. The number of anilines is 1. The Bertz CT molecular complexity index is 1290. The summed E-state index contributed by atoms with van der Waals surface area (Å²) >= 11 is 0. The maximum absolute atomic E-state index is 13.2. The average molecular weight is 471 g/mol. The molecule has 0 spiro atoms. The zero-order valence-corrected chi connectivity index (χ0v) is 19.4. The molecule has 1 aliphatic heterocycles. The van der Waals surface area contributed by atoms with Gasteiger partial charge in [-0.15, -0.1) is 0 Å². The number of methoxy groups -OCH3 is 1. The zero-order valence-electron chi connectivity index (χ0n) is 19.4. The molecule has 0 unspecified atom stereocenters. The van der Waals surface area contributed by atoms with Crippen LogP contribution in [0, 0.1) is 5.92 Å². The number of ether oxygens (including phenoxy) is 3. The molecule has 35 heavy (non-hydrogen) atoms. The van der Waals surface area contributed by atoms with Crippen molar-refractivity contribution in [2.45, 2.75) is 12.8 Å². The van der Waals surface area contributed by atoms with Gasteiger partial charge in [0.1, 0.15) is 23.9 Å². The van der Waals surface area contributed by atoms with Crippen LogP contribution in [-0.4, -0.2) is 41.4 Å². The van der Waals surface area contributed by atoms with Crippen molar-refractivity contribution < 1.29 is 19.0 Å². The smallest absolute Gasteiger partial charge is 0.231 e. The molecule has 0 fully saturated rings. The Morgan fingerprint density at radius 2 is 2.11 bits per heavy atom. The second kappa shape index (κ2) is 10.3. The van der Waals surface area contributed by atoms with E-state index in [4.69, 9.17) is 14.2 Å². The molecule has 1 aliphatic rings. The van der Waals surface area contributed by atoms with Gasteiger partial charge in [-0.3, -0.25) is 14.9 Å². The van der Waals surface area contributed by atoms with E-state index in [9.17, 15) is 4.79 Å². The first-order valence-corrected chi connectivity index (χ1v) is 11.5. The fourth-order valence-corrected chi connectivity index (χ4v) is 4.05. The lowest BCUT2D eigenvalue weighted by molar-refractivity contribution is -0.121. The van der Waals surface area contributed by atoms with Crippen molar-refractivity contribution in [2.24, 2.45) is 5.92 Å². The van der Waals surface area contributed by atoms with E-state index in [2.05, 4.69) is 20.5 Å². The van der Waals surface area contributed by atoms with Crippen LogP contribution >= 0.6 is 0 Å². The largest absolute Gasteiger partial charge is 0.497 e. The highest BCUT2D eigenvalue weighted by atomic mass is 16.5. The molecule has 0 saturated carbocycles. The van der Waals surface area contributed by atoms with Crippen molar-refractivity contribution in [1.29, 1.82) is 0 Å². The summed E-state index contributed by atoms with van der Waals surface area (Å²) in [5, 5.41) is 9.90. The van der Waals surface area contributed by atoms with E-state index in [1.165, 1.54) is 0 Å². The Labute approximate surface area is 203 Å². The molecular formula is C27H26N4O4. The van der Waals surface area contributed by atoms with Gasteiger partial charge in [-0.1, -0.05) is 12.1 Å². The van der Waals surface area contributed by atoms with E-state index in [0.29, 0.717) is 37.5 Å². The van der Waals surface area contributed by atoms with Gasteiger partial charge in [0, 0.05) is 30.1 Å². The first kappa shape index (κ1) is 22.5. The summed E-state index contributed by atoms with van der Waals surface area (Å²) in [6.07, 6.45) is 6.55. The highest BCUT2D eigenvalue weighted by Gasteiger charge is 2.27. The van der Waals surface area contributed by atoms with Crippen LogP contribution in [0.4, 0.5) is 5.69 Å². The van der Waals surface area contributed by atoms with Crippen LogP contribution < -0.4 is 19.5 Å². The van der Waals surface area contributed by atoms with Crippen LogP contribution in [0.5, 0.6) is 17.2 Å². The summed E-state index contributed by atoms with van der Waals surface area (Å²) in [6.45, 7) is 0.739. The van der Waals surface area contributed by atoms with E-state index in [-0.39, 0.29) is 11.8 Å². The molecule has 1 atom stereocenters. The molecule has 0 radical (unpaired) electrons. The minimum absolute atomic E-state index is 0.121. The Kier molecular flexibility index (Phi) is 6.61. The first-order chi connectivity index (χ1) is 17.2. The summed E-state index contributed by atoms with van der Waals surface area (Å²) in [4.78, 5) is 17.5. The number of hydrogen-bond acceptors (Lipinski definition) is 6. The molecular weight excluding hydrogens is 444 g/mol. The molecule has 5 rings (SSSR count). The van der Waals surface area contributed by atoms with E-state index in [1.807, 2.05) is 60.8 Å². The van der Waals surface area contributed by atoms with E-state index < -0.39 is 0 Å². The number of pyridine rings is 1. The molecule has 178 valence electrons. The molecule has 1 amide bonds. The van der Waals surface area contributed by atoms with Gasteiger partial charge in [0.15, 0.2) is 0 Å². The van der Waals surface area contributed by atoms with Crippen molar-refractivity contribution in [3.8, 4) is 28.4 Å². The SMILES string of the molecule is COc1ccc2c(c1)C[C@@H](C(=O)Nc1ccc(-c3cn[nH]c3)cc1OCCc1ccccn1)CO2. The van der Waals surface area contributed by atoms with Gasteiger partial charge in [-0.2, -0.15) is 5.10 Å². The number of carbonyl (C=O) groups is 1. The number of hydrogen-bond donors (Lipinski definition) is 2. The Hall–Kier alpha value is -4.33. The highest BCUT2D eigenvalue weighted by molar-refractivity contribution is 5.95. The topological polar surface area (TPSA) is 98.4 Å². The summed E-state index contributed by atoms with van der Waals surface area (Å²) < 4.78 is 17.3. The second-order valence-electron chi connectivity index (χ2n) is 8.29. The standard InChI is InChI=1S/C27H26N4O4/c1-33-23-6-8-25-19(13-23)12-20(17-35-25)27(32)31-24-7-5-18(21-15-29-30-16-21)14-26(24)34-11-9-22-4-2-3-10-28-22/h2-8,10,13-16,20H,9,11-12,17H2,1H3,(H,29,30)(H,31,32)/t20-/m1/s1. The number of rotatable bonds is 8. The fraction of sp³-hybridized carbons (Fsp3) is 0.222. The molecule has 0 bridgehead atoms. The number of amides is 1. The number of aromatic amines is 1. The first-order valence-electron chi connectivity index (χ1n) is 11.5. The second-order valence-corrected chi connectivity index (χ2v) is 8.29. The van der Waals surface area contributed by atoms with Crippen LogP contribution in [0.25, 0.3) is 11.1 Å². The lowest BCUT2D eigenvalue weighted by atomic mass is 9.95. The van der Waals surface area contributed by atoms with Crippen LogP contribution in [0.3, 0.4) is 0 Å². The van der Waals surface area contributed by atoms with Crippen LogP contribution in [0.15, 0.2) is 73.2 Å².